The maximum Gasteiger partial charge on any atom is 0.0708 e. The van der Waals surface area contributed by atoms with Crippen molar-refractivity contribution in [3.63, 3.8) is 0 Å². The zero-order valence-corrected chi connectivity index (χ0v) is 9.32. The second-order valence-electron chi connectivity index (χ2n) is 5.38. The summed E-state index contributed by atoms with van der Waals surface area (Å²) >= 11 is 0. The summed E-state index contributed by atoms with van der Waals surface area (Å²) in [5.74, 6) is 0. The topological polar surface area (TPSA) is 9.23 Å². The molecule has 1 heteroatoms. The van der Waals surface area contributed by atoms with E-state index in [1.165, 1.54) is 0 Å². The van der Waals surface area contributed by atoms with Crippen molar-refractivity contribution in [3.8, 4) is 0 Å². The Bertz CT molecular complexity index is 181. The minimum Gasteiger partial charge on any atom is -0.374 e. The van der Waals surface area contributed by atoms with Gasteiger partial charge in [0.1, 0.15) is 0 Å². The standard InChI is InChI=1S/C11H22O/c1-7-11(6)10(4,5)9(2,3)8-12-11/h7-8H2,1-6H3. The molecule has 1 heterocycles. The van der Waals surface area contributed by atoms with Gasteiger partial charge in [0.25, 0.3) is 0 Å². The summed E-state index contributed by atoms with van der Waals surface area (Å²) in [5.41, 5.74) is 0.642. The lowest BCUT2D eigenvalue weighted by molar-refractivity contribution is -0.0421. The van der Waals surface area contributed by atoms with E-state index in [0.29, 0.717) is 5.41 Å². The van der Waals surface area contributed by atoms with Crippen molar-refractivity contribution >= 4 is 0 Å². The van der Waals surface area contributed by atoms with Gasteiger partial charge in [0.15, 0.2) is 0 Å². The summed E-state index contributed by atoms with van der Waals surface area (Å²) in [4.78, 5) is 0. The van der Waals surface area contributed by atoms with Crippen molar-refractivity contribution < 1.29 is 4.74 Å². The minimum absolute atomic E-state index is 0.0660. The monoisotopic (exact) mass is 170 g/mol. The van der Waals surface area contributed by atoms with E-state index in [1.54, 1.807) is 0 Å². The maximum atomic E-state index is 5.92. The average molecular weight is 170 g/mol. The van der Waals surface area contributed by atoms with Crippen molar-refractivity contribution in [3.05, 3.63) is 0 Å². The van der Waals surface area contributed by atoms with Crippen LogP contribution in [0, 0.1) is 10.8 Å². The van der Waals surface area contributed by atoms with Crippen LogP contribution in [0.2, 0.25) is 0 Å². The highest BCUT2D eigenvalue weighted by molar-refractivity contribution is 5.04. The van der Waals surface area contributed by atoms with E-state index < -0.39 is 0 Å². The van der Waals surface area contributed by atoms with Crippen LogP contribution in [0.3, 0.4) is 0 Å². The van der Waals surface area contributed by atoms with Crippen LogP contribution >= 0.6 is 0 Å². The molecular weight excluding hydrogens is 148 g/mol. The molecule has 1 atom stereocenters. The van der Waals surface area contributed by atoms with Crippen LogP contribution in [0.1, 0.15) is 48.0 Å². The van der Waals surface area contributed by atoms with Crippen molar-refractivity contribution in [2.24, 2.45) is 10.8 Å². The highest BCUT2D eigenvalue weighted by atomic mass is 16.5. The number of hydrogen-bond donors (Lipinski definition) is 0. The van der Waals surface area contributed by atoms with E-state index >= 15 is 0 Å². The average Bonchev–Trinajstić information content (AvgIpc) is 2.12. The van der Waals surface area contributed by atoms with Crippen LogP contribution in [-0.2, 0) is 4.74 Å². The zero-order valence-electron chi connectivity index (χ0n) is 9.32. The quantitative estimate of drug-likeness (QED) is 0.587. The van der Waals surface area contributed by atoms with Crippen LogP contribution in [-0.4, -0.2) is 12.2 Å². The molecule has 0 aromatic heterocycles. The molecule has 0 aromatic carbocycles. The predicted octanol–water partition coefficient (Wildman–Crippen LogP) is 3.24. The first-order chi connectivity index (χ1) is 5.27. The minimum atomic E-state index is 0.0660. The van der Waals surface area contributed by atoms with E-state index in [4.69, 9.17) is 4.74 Å². The van der Waals surface area contributed by atoms with Gasteiger partial charge in [0.05, 0.1) is 12.2 Å². The SMILES string of the molecule is CCC1(C)OCC(C)(C)C1(C)C. The highest BCUT2D eigenvalue weighted by Gasteiger charge is 2.56. The summed E-state index contributed by atoms with van der Waals surface area (Å²) in [5, 5.41) is 0. The maximum absolute atomic E-state index is 5.92. The molecular formula is C11H22O. The molecule has 72 valence electrons. The van der Waals surface area contributed by atoms with Crippen LogP contribution in [0.15, 0.2) is 0 Å². The number of hydrogen-bond acceptors (Lipinski definition) is 1. The molecule has 0 spiro atoms. The van der Waals surface area contributed by atoms with Gasteiger partial charge in [0.2, 0.25) is 0 Å². The predicted molar refractivity (Wildman–Crippen MR) is 52.2 cm³/mol. The zero-order chi connectivity index (χ0) is 9.62. The first kappa shape index (κ1) is 10.0. The summed E-state index contributed by atoms with van der Waals surface area (Å²) in [6.45, 7) is 14.6. The fraction of sp³-hybridized carbons (Fsp3) is 1.00. The van der Waals surface area contributed by atoms with Gasteiger partial charge in [-0.1, -0.05) is 34.6 Å². The second kappa shape index (κ2) is 2.47. The Morgan fingerprint density at radius 3 is 1.75 bits per heavy atom. The lowest BCUT2D eigenvalue weighted by Gasteiger charge is -2.43. The third-order valence-electron chi connectivity index (χ3n) is 4.44. The lowest BCUT2D eigenvalue weighted by atomic mass is 9.61. The van der Waals surface area contributed by atoms with Crippen molar-refractivity contribution in [1.29, 1.82) is 0 Å². The Labute approximate surface area is 76.5 Å². The molecule has 1 fully saturated rings. The van der Waals surface area contributed by atoms with Gasteiger partial charge in [-0.25, -0.2) is 0 Å². The molecule has 1 aliphatic rings. The molecule has 1 nitrogen and oxygen atoms in total. The molecule has 0 saturated carbocycles. The summed E-state index contributed by atoms with van der Waals surface area (Å²) in [7, 11) is 0. The van der Waals surface area contributed by atoms with Crippen molar-refractivity contribution in [2.75, 3.05) is 6.61 Å². The molecule has 12 heavy (non-hydrogen) atoms. The number of ether oxygens (including phenoxy) is 1. The molecule has 1 saturated heterocycles. The normalized spacial score (nSPS) is 38.5. The summed E-state index contributed by atoms with van der Waals surface area (Å²) < 4.78 is 5.92. The third-order valence-corrected chi connectivity index (χ3v) is 4.44. The van der Waals surface area contributed by atoms with Gasteiger partial charge < -0.3 is 4.74 Å². The van der Waals surface area contributed by atoms with Crippen LogP contribution < -0.4 is 0 Å². The lowest BCUT2D eigenvalue weighted by Crippen LogP contribution is -2.44. The van der Waals surface area contributed by atoms with Gasteiger partial charge in [-0.05, 0) is 18.8 Å². The Balaban J connectivity index is 3.00. The van der Waals surface area contributed by atoms with Crippen LogP contribution in [0.4, 0.5) is 0 Å². The smallest absolute Gasteiger partial charge is 0.0708 e. The number of rotatable bonds is 1. The molecule has 0 radical (unpaired) electrons. The second-order valence-corrected chi connectivity index (χ2v) is 5.38. The van der Waals surface area contributed by atoms with E-state index in [0.717, 1.165) is 13.0 Å². The Morgan fingerprint density at radius 2 is 1.58 bits per heavy atom. The van der Waals surface area contributed by atoms with Crippen molar-refractivity contribution in [1.82, 2.24) is 0 Å². The van der Waals surface area contributed by atoms with Crippen LogP contribution in [0.5, 0.6) is 0 Å². The largest absolute Gasteiger partial charge is 0.374 e. The van der Waals surface area contributed by atoms with E-state index in [9.17, 15) is 0 Å². The fourth-order valence-corrected chi connectivity index (χ4v) is 1.96. The Kier molecular flexibility index (Phi) is 2.07. The molecule has 0 amide bonds. The van der Waals surface area contributed by atoms with Crippen molar-refractivity contribution in [2.45, 2.75) is 53.6 Å². The summed E-state index contributed by atoms with van der Waals surface area (Å²) in [6.07, 6.45) is 1.10. The molecule has 0 aromatic rings. The molecule has 1 rings (SSSR count). The van der Waals surface area contributed by atoms with E-state index in [1.807, 2.05) is 0 Å². The third kappa shape index (κ3) is 1.02. The fourth-order valence-electron chi connectivity index (χ4n) is 1.96. The molecule has 0 bridgehead atoms. The first-order valence-electron chi connectivity index (χ1n) is 4.91. The molecule has 0 aliphatic carbocycles. The van der Waals surface area contributed by atoms with E-state index in [2.05, 4.69) is 41.5 Å². The Hall–Kier alpha value is -0.0400. The van der Waals surface area contributed by atoms with Gasteiger partial charge in [-0.3, -0.25) is 0 Å². The van der Waals surface area contributed by atoms with Gasteiger partial charge in [-0.2, -0.15) is 0 Å². The first-order valence-corrected chi connectivity index (χ1v) is 4.91. The molecule has 0 N–H and O–H groups in total. The molecule has 1 aliphatic heterocycles. The molecule has 1 unspecified atom stereocenters. The van der Waals surface area contributed by atoms with E-state index in [-0.39, 0.29) is 11.0 Å². The van der Waals surface area contributed by atoms with Crippen LogP contribution in [0.25, 0.3) is 0 Å². The van der Waals surface area contributed by atoms with Gasteiger partial charge in [0, 0.05) is 5.41 Å². The van der Waals surface area contributed by atoms with Gasteiger partial charge >= 0.3 is 0 Å². The van der Waals surface area contributed by atoms with Gasteiger partial charge in [-0.15, -0.1) is 0 Å². The Morgan fingerprint density at radius 1 is 1.08 bits per heavy atom. The summed E-state index contributed by atoms with van der Waals surface area (Å²) in [6, 6.07) is 0. The highest BCUT2D eigenvalue weighted by Crippen LogP contribution is 2.55.